The van der Waals surface area contributed by atoms with E-state index in [4.69, 9.17) is 9.84 Å². The van der Waals surface area contributed by atoms with Crippen LogP contribution in [0.4, 0.5) is 15.3 Å². The Morgan fingerprint density at radius 2 is 1.85 bits per heavy atom. The summed E-state index contributed by atoms with van der Waals surface area (Å²) in [5.41, 5.74) is -0.0123. The Balaban J connectivity index is 2.49. The lowest BCUT2D eigenvalue weighted by Crippen LogP contribution is -2.39. The number of anilines is 1. The van der Waals surface area contributed by atoms with E-state index in [0.29, 0.717) is 5.69 Å². The second kappa shape index (κ2) is 6.79. The fourth-order valence-electron chi connectivity index (χ4n) is 1.53. The molecule has 1 aromatic rings. The number of alkyl carbamates (subject to hydrolysis) is 1. The summed E-state index contributed by atoms with van der Waals surface area (Å²) >= 11 is 0. The lowest BCUT2D eigenvalue weighted by Gasteiger charge is -2.22. The lowest BCUT2D eigenvalue weighted by molar-refractivity contribution is 0.0529. The Hall–Kier alpha value is -2.24. The predicted molar refractivity (Wildman–Crippen MR) is 76.0 cm³/mol. The first kappa shape index (κ1) is 15.8. The van der Waals surface area contributed by atoms with Crippen molar-refractivity contribution in [1.82, 2.24) is 5.32 Å². The first-order chi connectivity index (χ1) is 9.29. The van der Waals surface area contributed by atoms with Crippen LogP contribution in [0.25, 0.3) is 0 Å². The number of carbonyl (C=O) groups excluding carboxylic acids is 1. The number of nitrogens with zero attached hydrogens (tertiary/aromatic N) is 1. The van der Waals surface area contributed by atoms with Crippen molar-refractivity contribution in [2.75, 3.05) is 18.0 Å². The van der Waals surface area contributed by atoms with E-state index in [2.05, 4.69) is 5.32 Å². The van der Waals surface area contributed by atoms with Gasteiger partial charge in [0.2, 0.25) is 0 Å². The molecule has 6 heteroatoms. The van der Waals surface area contributed by atoms with Crippen LogP contribution in [0, 0.1) is 0 Å². The molecule has 0 aliphatic heterocycles. The Bertz CT molecular complexity index is 454. The van der Waals surface area contributed by atoms with Crippen LogP contribution in [-0.2, 0) is 4.74 Å². The maximum Gasteiger partial charge on any atom is 0.411 e. The number of carboxylic acid groups (broad SMARTS) is 1. The first-order valence-electron chi connectivity index (χ1n) is 6.32. The molecule has 0 bridgehead atoms. The summed E-state index contributed by atoms with van der Waals surface area (Å²) in [5.74, 6) is 0. The Kier molecular flexibility index (Phi) is 5.37. The SMILES string of the molecule is CC(C)(C)OC(=O)NCCN(C(=O)O)c1ccccc1. The standard InChI is InChI=1S/C14H20N2O4/c1-14(2,3)20-12(17)15-9-10-16(13(18)19)11-7-5-4-6-8-11/h4-8H,9-10H2,1-3H3,(H,15,17)(H,18,19). The second-order valence-corrected chi connectivity index (χ2v) is 5.20. The van der Waals surface area contributed by atoms with E-state index >= 15 is 0 Å². The van der Waals surface area contributed by atoms with Crippen LogP contribution in [-0.4, -0.2) is 36.0 Å². The van der Waals surface area contributed by atoms with Gasteiger partial charge in [0.05, 0.1) is 0 Å². The number of benzene rings is 1. The van der Waals surface area contributed by atoms with Crippen LogP contribution in [0.2, 0.25) is 0 Å². The van der Waals surface area contributed by atoms with Gasteiger partial charge in [0.1, 0.15) is 5.60 Å². The van der Waals surface area contributed by atoms with Gasteiger partial charge in [0.15, 0.2) is 0 Å². The number of para-hydroxylation sites is 1. The average molecular weight is 280 g/mol. The van der Waals surface area contributed by atoms with Crippen LogP contribution < -0.4 is 10.2 Å². The fourth-order valence-corrected chi connectivity index (χ4v) is 1.53. The van der Waals surface area contributed by atoms with Gasteiger partial charge in [-0.15, -0.1) is 0 Å². The van der Waals surface area contributed by atoms with Crippen molar-refractivity contribution in [3.05, 3.63) is 30.3 Å². The normalized spacial score (nSPS) is 10.8. The molecule has 0 aliphatic carbocycles. The summed E-state index contributed by atoms with van der Waals surface area (Å²) in [6.45, 7) is 5.62. The number of carbonyl (C=O) groups is 2. The average Bonchev–Trinajstić information content (AvgIpc) is 2.33. The van der Waals surface area contributed by atoms with Crippen molar-refractivity contribution in [3.63, 3.8) is 0 Å². The van der Waals surface area contributed by atoms with Gasteiger partial charge in [-0.1, -0.05) is 18.2 Å². The van der Waals surface area contributed by atoms with Crippen LogP contribution in [0.15, 0.2) is 30.3 Å². The maximum absolute atomic E-state index is 11.4. The minimum Gasteiger partial charge on any atom is -0.465 e. The van der Waals surface area contributed by atoms with Crippen molar-refractivity contribution in [1.29, 1.82) is 0 Å². The third kappa shape index (κ3) is 5.60. The number of hydrogen-bond donors (Lipinski definition) is 2. The van der Waals surface area contributed by atoms with Gasteiger partial charge < -0.3 is 15.2 Å². The van der Waals surface area contributed by atoms with Gasteiger partial charge in [-0.05, 0) is 32.9 Å². The largest absolute Gasteiger partial charge is 0.465 e. The number of amides is 2. The lowest BCUT2D eigenvalue weighted by atomic mass is 10.2. The van der Waals surface area contributed by atoms with E-state index in [1.54, 1.807) is 45.0 Å². The first-order valence-corrected chi connectivity index (χ1v) is 6.32. The molecule has 20 heavy (non-hydrogen) atoms. The van der Waals surface area contributed by atoms with Crippen LogP contribution in [0.3, 0.4) is 0 Å². The quantitative estimate of drug-likeness (QED) is 0.888. The van der Waals surface area contributed by atoms with Crippen molar-refractivity contribution < 1.29 is 19.4 Å². The Morgan fingerprint density at radius 1 is 1.25 bits per heavy atom. The molecule has 1 rings (SSSR count). The molecule has 0 saturated heterocycles. The molecule has 110 valence electrons. The van der Waals surface area contributed by atoms with Crippen molar-refractivity contribution >= 4 is 17.9 Å². The summed E-state index contributed by atoms with van der Waals surface area (Å²) in [6, 6.07) is 8.71. The molecule has 0 aliphatic rings. The Morgan fingerprint density at radius 3 is 2.35 bits per heavy atom. The molecule has 0 unspecified atom stereocenters. The molecule has 0 radical (unpaired) electrons. The van der Waals surface area contributed by atoms with Gasteiger partial charge in [0, 0.05) is 18.8 Å². The molecule has 2 N–H and O–H groups in total. The van der Waals surface area contributed by atoms with E-state index < -0.39 is 17.8 Å². The number of rotatable bonds is 4. The highest BCUT2D eigenvalue weighted by atomic mass is 16.6. The van der Waals surface area contributed by atoms with E-state index in [0.717, 1.165) is 4.90 Å². The predicted octanol–water partition coefficient (Wildman–Crippen LogP) is 2.70. The number of nitrogens with one attached hydrogen (secondary N) is 1. The molecule has 6 nitrogen and oxygen atoms in total. The number of hydrogen-bond acceptors (Lipinski definition) is 3. The molecule has 1 aromatic carbocycles. The summed E-state index contributed by atoms with van der Waals surface area (Å²) < 4.78 is 5.07. The van der Waals surface area contributed by atoms with Crippen molar-refractivity contribution in [2.24, 2.45) is 0 Å². The molecular formula is C14H20N2O4. The highest BCUT2D eigenvalue weighted by Crippen LogP contribution is 2.12. The second-order valence-electron chi connectivity index (χ2n) is 5.20. The van der Waals surface area contributed by atoms with E-state index in [-0.39, 0.29) is 13.1 Å². The number of ether oxygens (including phenoxy) is 1. The van der Waals surface area contributed by atoms with Gasteiger partial charge >= 0.3 is 12.2 Å². The van der Waals surface area contributed by atoms with E-state index in [1.165, 1.54) is 0 Å². The van der Waals surface area contributed by atoms with Crippen LogP contribution in [0.5, 0.6) is 0 Å². The minimum atomic E-state index is -1.07. The molecule has 0 atom stereocenters. The van der Waals surface area contributed by atoms with Crippen molar-refractivity contribution in [3.8, 4) is 0 Å². The van der Waals surface area contributed by atoms with Gasteiger partial charge in [-0.2, -0.15) is 0 Å². The van der Waals surface area contributed by atoms with Crippen molar-refractivity contribution in [2.45, 2.75) is 26.4 Å². The van der Waals surface area contributed by atoms with Crippen LogP contribution >= 0.6 is 0 Å². The van der Waals surface area contributed by atoms with Gasteiger partial charge in [0.25, 0.3) is 0 Å². The zero-order valence-corrected chi connectivity index (χ0v) is 11.9. The van der Waals surface area contributed by atoms with Crippen LogP contribution in [0.1, 0.15) is 20.8 Å². The monoisotopic (exact) mass is 280 g/mol. The summed E-state index contributed by atoms with van der Waals surface area (Å²) in [4.78, 5) is 23.8. The van der Waals surface area contributed by atoms with Gasteiger partial charge in [-0.3, -0.25) is 4.90 Å². The third-order valence-corrected chi connectivity index (χ3v) is 2.30. The van der Waals surface area contributed by atoms with E-state index in [9.17, 15) is 9.59 Å². The molecule has 0 fully saturated rings. The highest BCUT2D eigenvalue weighted by molar-refractivity contribution is 5.86. The molecule has 0 saturated carbocycles. The third-order valence-electron chi connectivity index (χ3n) is 2.30. The zero-order chi connectivity index (χ0) is 15.2. The summed E-state index contributed by atoms with van der Waals surface area (Å²) in [7, 11) is 0. The van der Waals surface area contributed by atoms with E-state index in [1.807, 2.05) is 6.07 Å². The maximum atomic E-state index is 11.4. The fraction of sp³-hybridized carbons (Fsp3) is 0.429. The topological polar surface area (TPSA) is 78.9 Å². The smallest absolute Gasteiger partial charge is 0.411 e. The van der Waals surface area contributed by atoms with Gasteiger partial charge in [-0.25, -0.2) is 9.59 Å². The highest BCUT2D eigenvalue weighted by Gasteiger charge is 2.17. The summed E-state index contributed by atoms with van der Waals surface area (Å²) in [6.07, 6.45) is -1.63. The molecule has 2 amide bonds. The minimum absolute atomic E-state index is 0.151. The zero-order valence-electron chi connectivity index (χ0n) is 11.9. The molecule has 0 aromatic heterocycles. The molecule has 0 spiro atoms. The molecule has 0 heterocycles. The summed E-state index contributed by atoms with van der Waals surface area (Å²) in [5, 5.41) is 11.7. The molecular weight excluding hydrogens is 260 g/mol. The Labute approximate surface area is 118 Å².